The molecule has 0 atom stereocenters. The number of benzene rings is 1. The molecule has 0 bridgehead atoms. The number of likely N-dealkylation sites (tertiary alicyclic amines) is 1. The molecule has 0 aromatic heterocycles. The van der Waals surface area contributed by atoms with E-state index in [1.54, 1.807) is 0 Å². The Hall–Kier alpha value is -1.44. The van der Waals surface area contributed by atoms with Crippen molar-refractivity contribution in [2.24, 2.45) is 0 Å². The summed E-state index contributed by atoms with van der Waals surface area (Å²) in [5.41, 5.74) is 1.33. The van der Waals surface area contributed by atoms with E-state index in [1.165, 1.54) is 10.0 Å². The van der Waals surface area contributed by atoms with Gasteiger partial charge < -0.3 is 15.3 Å². The molecule has 0 amide bonds. The van der Waals surface area contributed by atoms with Gasteiger partial charge in [-0.25, -0.2) is 9.59 Å². The molecule has 0 spiro atoms. The van der Waals surface area contributed by atoms with Crippen LogP contribution in [0.2, 0.25) is 0 Å². The van der Waals surface area contributed by atoms with Crippen molar-refractivity contribution in [1.82, 2.24) is 4.90 Å². The van der Waals surface area contributed by atoms with Crippen LogP contribution in [-0.2, 0) is 16.1 Å². The number of halogens is 1. The number of carbonyl (C=O) groups is 2. The summed E-state index contributed by atoms with van der Waals surface area (Å²) in [5, 5.41) is 24.2. The van der Waals surface area contributed by atoms with Crippen molar-refractivity contribution < 1.29 is 24.9 Å². The van der Waals surface area contributed by atoms with E-state index >= 15 is 0 Å². The number of nitrogens with zero attached hydrogens (tertiary/aromatic N) is 1. The zero-order valence-corrected chi connectivity index (χ0v) is 13.0. The number of aliphatic carboxylic acids is 2. The predicted octanol–water partition coefficient (Wildman–Crippen LogP) is 1.56. The number of hydrogen-bond donors (Lipinski definition) is 3. The lowest BCUT2D eigenvalue weighted by molar-refractivity contribution is -0.159. The Morgan fingerprint density at radius 1 is 1.14 bits per heavy atom. The van der Waals surface area contributed by atoms with E-state index in [0.29, 0.717) is 0 Å². The summed E-state index contributed by atoms with van der Waals surface area (Å²) in [7, 11) is 0. The average Bonchev–Trinajstić information content (AvgIpc) is 2.44. The van der Waals surface area contributed by atoms with Gasteiger partial charge in [0.25, 0.3) is 0 Å². The summed E-state index contributed by atoms with van der Waals surface area (Å²) in [6, 6.07) is 8.33. The van der Waals surface area contributed by atoms with Gasteiger partial charge in [0.2, 0.25) is 0 Å². The fourth-order valence-corrected chi connectivity index (χ4v) is 2.36. The van der Waals surface area contributed by atoms with Crippen molar-refractivity contribution in [1.29, 1.82) is 0 Å². The summed E-state index contributed by atoms with van der Waals surface area (Å²) in [6.07, 6.45) is 1.73. The molecule has 1 saturated heterocycles. The fourth-order valence-electron chi connectivity index (χ4n) is 1.94. The first-order valence-corrected chi connectivity index (χ1v) is 7.29. The van der Waals surface area contributed by atoms with Gasteiger partial charge in [-0.2, -0.15) is 0 Å². The minimum Gasteiger partial charge on any atom is -0.473 e. The van der Waals surface area contributed by atoms with Gasteiger partial charge >= 0.3 is 11.9 Å². The Morgan fingerprint density at radius 3 is 2.14 bits per heavy atom. The third-order valence-corrected chi connectivity index (χ3v) is 3.87. The van der Waals surface area contributed by atoms with Gasteiger partial charge in [-0.1, -0.05) is 34.1 Å². The third-order valence-electron chi connectivity index (χ3n) is 3.09. The molecule has 0 saturated carbocycles. The quantitative estimate of drug-likeness (QED) is 0.693. The molecule has 0 aliphatic carbocycles. The monoisotopic (exact) mass is 359 g/mol. The lowest BCUT2D eigenvalue weighted by Gasteiger charge is -2.29. The Morgan fingerprint density at radius 2 is 1.67 bits per heavy atom. The molecule has 1 aromatic carbocycles. The van der Waals surface area contributed by atoms with E-state index in [2.05, 4.69) is 39.0 Å². The van der Waals surface area contributed by atoms with E-state index in [1.807, 2.05) is 6.07 Å². The van der Waals surface area contributed by atoms with Crippen molar-refractivity contribution in [2.75, 3.05) is 13.1 Å². The molecular formula is C14H18BrNO5. The molecule has 1 aliphatic rings. The highest BCUT2D eigenvalue weighted by molar-refractivity contribution is 9.10. The first-order valence-electron chi connectivity index (χ1n) is 6.50. The number of carboxylic acid groups (broad SMARTS) is 2. The normalized spacial score (nSPS) is 15.9. The highest BCUT2D eigenvalue weighted by atomic mass is 79.9. The Bertz CT molecular complexity index is 474. The molecule has 3 N–H and O–H groups in total. The van der Waals surface area contributed by atoms with Gasteiger partial charge in [-0.15, -0.1) is 0 Å². The van der Waals surface area contributed by atoms with Gasteiger partial charge in [0.15, 0.2) is 0 Å². The predicted molar refractivity (Wildman–Crippen MR) is 79.9 cm³/mol. The van der Waals surface area contributed by atoms with Crippen LogP contribution in [0.5, 0.6) is 0 Å². The van der Waals surface area contributed by atoms with Gasteiger partial charge in [0.1, 0.15) is 0 Å². The smallest absolute Gasteiger partial charge is 0.414 e. The lowest BCUT2D eigenvalue weighted by atomic mass is 10.1. The topological polar surface area (TPSA) is 98.1 Å². The summed E-state index contributed by atoms with van der Waals surface area (Å²) < 4.78 is 1.18. The molecule has 0 radical (unpaired) electrons. The van der Waals surface area contributed by atoms with Crippen molar-refractivity contribution in [2.45, 2.75) is 25.5 Å². The molecule has 1 aromatic rings. The molecule has 0 unspecified atom stereocenters. The van der Waals surface area contributed by atoms with Crippen LogP contribution < -0.4 is 0 Å². The van der Waals surface area contributed by atoms with Crippen LogP contribution in [0.4, 0.5) is 0 Å². The summed E-state index contributed by atoms with van der Waals surface area (Å²) >= 11 is 3.56. The number of aliphatic hydroxyl groups is 1. The van der Waals surface area contributed by atoms with Gasteiger partial charge in [0.05, 0.1) is 6.10 Å². The van der Waals surface area contributed by atoms with Gasteiger partial charge in [-0.3, -0.25) is 4.90 Å². The maximum atomic E-state index is 9.41. The number of hydrogen-bond acceptors (Lipinski definition) is 4. The number of piperidine rings is 1. The largest absolute Gasteiger partial charge is 0.473 e. The molecule has 7 heteroatoms. The average molecular weight is 360 g/mol. The highest BCUT2D eigenvalue weighted by Crippen LogP contribution is 2.20. The van der Waals surface area contributed by atoms with Gasteiger partial charge in [-0.05, 0) is 24.5 Å². The lowest BCUT2D eigenvalue weighted by Crippen LogP contribution is -2.35. The highest BCUT2D eigenvalue weighted by Gasteiger charge is 2.17. The van der Waals surface area contributed by atoms with Crippen LogP contribution in [-0.4, -0.2) is 51.4 Å². The van der Waals surface area contributed by atoms with Crippen molar-refractivity contribution >= 4 is 27.9 Å². The SMILES string of the molecule is O=C(O)C(=O)O.OC1CCN(Cc2ccccc2Br)CC1. The molecule has 21 heavy (non-hydrogen) atoms. The Labute approximate surface area is 131 Å². The minimum absolute atomic E-state index is 0.0829. The van der Waals surface area contributed by atoms with E-state index in [-0.39, 0.29) is 6.10 Å². The number of carboxylic acids is 2. The maximum Gasteiger partial charge on any atom is 0.414 e. The third kappa shape index (κ3) is 6.70. The first kappa shape index (κ1) is 17.6. The van der Waals surface area contributed by atoms with E-state index in [9.17, 15) is 5.11 Å². The standard InChI is InChI=1S/C12H16BrNO.C2H2O4/c13-12-4-2-1-3-10(12)9-14-7-5-11(15)6-8-14;3-1(4)2(5)6/h1-4,11,15H,5-9H2;(H,3,4)(H,5,6). The van der Waals surface area contributed by atoms with E-state index in [0.717, 1.165) is 32.5 Å². The zero-order valence-electron chi connectivity index (χ0n) is 11.4. The van der Waals surface area contributed by atoms with Crippen LogP contribution in [0.1, 0.15) is 18.4 Å². The van der Waals surface area contributed by atoms with Crippen LogP contribution in [0.25, 0.3) is 0 Å². The molecule has 1 fully saturated rings. The second kappa shape index (κ2) is 8.76. The van der Waals surface area contributed by atoms with E-state index < -0.39 is 11.9 Å². The Balaban J connectivity index is 0.000000315. The summed E-state index contributed by atoms with van der Waals surface area (Å²) in [4.78, 5) is 20.6. The molecule has 116 valence electrons. The molecule has 1 aliphatic heterocycles. The molecule has 2 rings (SSSR count). The number of rotatable bonds is 2. The Kier molecular flexibility index (Phi) is 7.35. The van der Waals surface area contributed by atoms with Crippen molar-refractivity contribution in [3.8, 4) is 0 Å². The second-order valence-corrected chi connectivity index (χ2v) is 5.56. The summed E-state index contributed by atoms with van der Waals surface area (Å²) in [6.45, 7) is 2.99. The molecular weight excluding hydrogens is 342 g/mol. The summed E-state index contributed by atoms with van der Waals surface area (Å²) in [5.74, 6) is -3.65. The zero-order chi connectivity index (χ0) is 15.8. The number of aliphatic hydroxyl groups excluding tert-OH is 1. The molecule has 6 nitrogen and oxygen atoms in total. The second-order valence-electron chi connectivity index (χ2n) is 4.71. The van der Waals surface area contributed by atoms with E-state index in [4.69, 9.17) is 19.8 Å². The van der Waals surface area contributed by atoms with Gasteiger partial charge in [0, 0.05) is 24.1 Å². The first-order chi connectivity index (χ1) is 9.90. The minimum atomic E-state index is -1.82. The van der Waals surface area contributed by atoms with Crippen molar-refractivity contribution in [3.05, 3.63) is 34.3 Å². The van der Waals surface area contributed by atoms with Crippen LogP contribution in [0, 0.1) is 0 Å². The van der Waals surface area contributed by atoms with Crippen LogP contribution >= 0.6 is 15.9 Å². The van der Waals surface area contributed by atoms with Crippen LogP contribution in [0.15, 0.2) is 28.7 Å². The fraction of sp³-hybridized carbons (Fsp3) is 0.429. The maximum absolute atomic E-state index is 9.41. The van der Waals surface area contributed by atoms with Crippen LogP contribution in [0.3, 0.4) is 0 Å². The van der Waals surface area contributed by atoms with Crippen molar-refractivity contribution in [3.63, 3.8) is 0 Å². The molecule has 1 heterocycles.